The van der Waals surface area contributed by atoms with Crippen LogP contribution in [0.1, 0.15) is 19.4 Å². The second-order valence-corrected chi connectivity index (χ2v) is 8.08. The lowest BCUT2D eigenvalue weighted by Crippen LogP contribution is -2.23. The molecule has 1 aromatic carbocycles. The van der Waals surface area contributed by atoms with Crippen LogP contribution in [0.15, 0.2) is 65.3 Å². The van der Waals surface area contributed by atoms with E-state index in [1.54, 1.807) is 17.2 Å². The van der Waals surface area contributed by atoms with Crippen LogP contribution in [-0.4, -0.2) is 59.6 Å². The maximum Gasteiger partial charge on any atom is 0.573 e. The maximum atomic E-state index is 12.8. The van der Waals surface area contributed by atoms with Gasteiger partial charge in [0, 0.05) is 31.9 Å². The average molecular weight is 549 g/mol. The third-order valence-corrected chi connectivity index (χ3v) is 4.90. The van der Waals surface area contributed by atoms with E-state index in [1.807, 2.05) is 19.9 Å². The van der Waals surface area contributed by atoms with Gasteiger partial charge in [0.1, 0.15) is 29.5 Å². The number of rotatable bonds is 9. The Bertz CT molecular complexity index is 1290. The zero-order valence-corrected chi connectivity index (χ0v) is 21.4. The molecular weight excluding hydrogens is 520 g/mol. The topological polar surface area (TPSA) is 142 Å². The van der Waals surface area contributed by atoms with E-state index < -0.39 is 17.9 Å². The van der Waals surface area contributed by atoms with Gasteiger partial charge in [0.15, 0.2) is 6.29 Å². The van der Waals surface area contributed by atoms with Gasteiger partial charge in [-0.25, -0.2) is 14.4 Å². The standard InChI is InChI=1S/C17H21N7O.C8H7F4NO/c1-11(2)23-17-14(16(19)21-10-22-17)15(18)12-4-6-24(7-5-12)13(9-25)8-20-3;1-13-7-4-5(2-3-6(7)9)14-8(10,11)12/h4-6,8-11,18H,3,7H2,1-2H3,(H3,19,21,22,23);2-4,13H,1H3/b13-8-,18-15?;. The molecule has 0 radical (unpaired) electrons. The minimum atomic E-state index is -4.76. The van der Waals surface area contributed by atoms with Gasteiger partial charge in [0.05, 0.1) is 28.9 Å². The number of alkyl halides is 3. The monoisotopic (exact) mass is 548 g/mol. The molecule has 10 nitrogen and oxygen atoms in total. The molecule has 5 N–H and O–H groups in total. The first kappa shape index (κ1) is 30.5. The number of benzene rings is 1. The molecule has 0 saturated carbocycles. The molecule has 0 saturated heterocycles. The number of carbonyl (C=O) groups excluding carboxylic acids is 1. The minimum absolute atomic E-state index is 0.0493. The molecule has 0 aliphatic carbocycles. The summed E-state index contributed by atoms with van der Waals surface area (Å²) in [6.45, 7) is 7.73. The van der Waals surface area contributed by atoms with Crippen molar-refractivity contribution in [3.63, 3.8) is 0 Å². The highest BCUT2D eigenvalue weighted by atomic mass is 19.4. The first-order chi connectivity index (χ1) is 18.4. The van der Waals surface area contributed by atoms with E-state index in [0.717, 1.165) is 18.2 Å². The van der Waals surface area contributed by atoms with Crippen molar-refractivity contribution in [2.75, 3.05) is 30.0 Å². The largest absolute Gasteiger partial charge is 0.573 e. The van der Waals surface area contributed by atoms with Crippen LogP contribution in [0.2, 0.25) is 0 Å². The van der Waals surface area contributed by atoms with Crippen LogP contribution in [0.4, 0.5) is 34.9 Å². The number of nitrogen functional groups attached to an aromatic ring is 1. The number of aromatic nitrogens is 2. The van der Waals surface area contributed by atoms with Crippen molar-refractivity contribution in [3.8, 4) is 5.75 Å². The fourth-order valence-corrected chi connectivity index (χ4v) is 3.20. The summed E-state index contributed by atoms with van der Waals surface area (Å²) in [5.41, 5.74) is 7.65. The molecule has 3 rings (SSSR count). The van der Waals surface area contributed by atoms with E-state index in [0.29, 0.717) is 35.5 Å². The Morgan fingerprint density at radius 2 is 2.05 bits per heavy atom. The lowest BCUT2D eigenvalue weighted by molar-refractivity contribution is -0.274. The summed E-state index contributed by atoms with van der Waals surface area (Å²) in [7, 11) is 1.40. The number of halogens is 4. The average Bonchev–Trinajstić information content (AvgIpc) is 2.87. The first-order valence-electron chi connectivity index (χ1n) is 11.4. The molecule has 0 fully saturated rings. The van der Waals surface area contributed by atoms with Crippen LogP contribution >= 0.6 is 0 Å². The SMILES string of the molecule is C=N/C=C(/C=O)N1C=CC(C(=N)c2c(N)ncnc2NC(C)C)=CC1.CNc1cc(OC(F)(F)F)ccc1F. The highest BCUT2D eigenvalue weighted by Gasteiger charge is 2.31. The fraction of sp³-hybridized carbons (Fsp3) is 0.240. The fourth-order valence-electron chi connectivity index (χ4n) is 3.20. The van der Waals surface area contributed by atoms with Crippen molar-refractivity contribution in [2.24, 2.45) is 4.99 Å². The van der Waals surface area contributed by atoms with Crippen LogP contribution in [0, 0.1) is 11.2 Å². The lowest BCUT2D eigenvalue weighted by atomic mass is 10.0. The van der Waals surface area contributed by atoms with Crippen molar-refractivity contribution in [3.05, 3.63) is 71.7 Å². The van der Waals surface area contributed by atoms with Gasteiger partial charge in [-0.1, -0.05) is 6.08 Å². The van der Waals surface area contributed by atoms with Crippen molar-refractivity contribution in [1.82, 2.24) is 14.9 Å². The Morgan fingerprint density at radius 1 is 1.33 bits per heavy atom. The lowest BCUT2D eigenvalue weighted by Gasteiger charge is -2.23. The highest BCUT2D eigenvalue weighted by molar-refractivity contribution is 6.17. The normalized spacial score (nSPS) is 13.2. The summed E-state index contributed by atoms with van der Waals surface area (Å²) in [4.78, 5) is 24.6. The summed E-state index contributed by atoms with van der Waals surface area (Å²) in [5.74, 6) is -0.331. The van der Waals surface area contributed by atoms with E-state index in [4.69, 9.17) is 11.1 Å². The third-order valence-electron chi connectivity index (χ3n) is 4.90. The van der Waals surface area contributed by atoms with Gasteiger partial charge in [-0.2, -0.15) is 0 Å². The molecule has 39 heavy (non-hydrogen) atoms. The zero-order valence-electron chi connectivity index (χ0n) is 21.4. The van der Waals surface area contributed by atoms with Gasteiger partial charge in [0.25, 0.3) is 0 Å². The van der Waals surface area contributed by atoms with Gasteiger partial charge in [-0.05, 0) is 44.3 Å². The predicted octanol–water partition coefficient (Wildman–Crippen LogP) is 4.51. The van der Waals surface area contributed by atoms with E-state index in [1.165, 1.54) is 19.6 Å². The number of nitrogens with two attached hydrogens (primary N) is 1. The maximum absolute atomic E-state index is 12.8. The third kappa shape index (κ3) is 8.94. The molecule has 2 heterocycles. The molecule has 2 aromatic rings. The summed E-state index contributed by atoms with van der Waals surface area (Å²) in [6, 6.07) is 2.87. The number of nitrogens with one attached hydrogen (secondary N) is 3. The Balaban J connectivity index is 0.000000322. The van der Waals surface area contributed by atoms with Crippen molar-refractivity contribution >= 4 is 36.0 Å². The number of carbonyl (C=O) groups is 1. The quantitative estimate of drug-likeness (QED) is 0.155. The van der Waals surface area contributed by atoms with Gasteiger partial charge in [-0.3, -0.25) is 15.2 Å². The Labute approximate surface area is 222 Å². The molecule has 0 unspecified atom stereocenters. The smallest absolute Gasteiger partial charge is 0.406 e. The van der Waals surface area contributed by atoms with Crippen LogP contribution in [0.5, 0.6) is 5.75 Å². The van der Waals surface area contributed by atoms with Gasteiger partial charge < -0.3 is 26.0 Å². The van der Waals surface area contributed by atoms with Crippen LogP contribution in [0.3, 0.4) is 0 Å². The van der Waals surface area contributed by atoms with E-state index >= 15 is 0 Å². The number of nitrogens with zero attached hydrogens (tertiary/aromatic N) is 4. The minimum Gasteiger partial charge on any atom is -0.406 e. The van der Waals surface area contributed by atoms with Gasteiger partial charge in [-0.15, -0.1) is 13.2 Å². The Kier molecular flexibility index (Phi) is 10.7. The molecular formula is C25H28F4N8O2. The summed E-state index contributed by atoms with van der Waals surface area (Å²) < 4.78 is 51.6. The number of allylic oxidation sites excluding steroid dienone is 3. The van der Waals surface area contributed by atoms with Crippen LogP contribution in [-0.2, 0) is 4.79 Å². The van der Waals surface area contributed by atoms with Crippen molar-refractivity contribution in [2.45, 2.75) is 26.3 Å². The second-order valence-electron chi connectivity index (χ2n) is 8.08. The van der Waals surface area contributed by atoms with Crippen LogP contribution < -0.4 is 21.1 Å². The second kappa shape index (κ2) is 13.7. The van der Waals surface area contributed by atoms with E-state index in [2.05, 4.69) is 37.0 Å². The number of anilines is 3. The molecule has 1 aliphatic rings. The number of aldehydes is 1. The number of aliphatic imine (C=N–C) groups is 1. The summed E-state index contributed by atoms with van der Waals surface area (Å²) in [6.07, 6.45) is 3.97. The highest BCUT2D eigenvalue weighted by Crippen LogP contribution is 2.27. The molecule has 0 bridgehead atoms. The molecule has 208 valence electrons. The number of hydrogen-bond acceptors (Lipinski definition) is 10. The number of hydrogen-bond donors (Lipinski definition) is 4. The zero-order chi connectivity index (χ0) is 29.2. The Morgan fingerprint density at radius 3 is 2.59 bits per heavy atom. The summed E-state index contributed by atoms with van der Waals surface area (Å²) >= 11 is 0. The Hall–Kier alpha value is -4.75. The first-order valence-corrected chi connectivity index (χ1v) is 11.4. The molecule has 14 heteroatoms. The van der Waals surface area contributed by atoms with Crippen LogP contribution in [0.25, 0.3) is 0 Å². The summed E-state index contributed by atoms with van der Waals surface area (Å²) in [5, 5.41) is 14.1. The van der Waals surface area contributed by atoms with E-state index in [-0.39, 0.29) is 23.3 Å². The van der Waals surface area contributed by atoms with Crippen molar-refractivity contribution in [1.29, 1.82) is 5.41 Å². The molecule has 1 aromatic heterocycles. The number of ether oxygens (including phenoxy) is 1. The molecule has 0 spiro atoms. The van der Waals surface area contributed by atoms with Crippen molar-refractivity contribution < 1.29 is 27.1 Å². The van der Waals surface area contributed by atoms with Gasteiger partial charge >= 0.3 is 6.36 Å². The molecule has 0 amide bonds. The van der Waals surface area contributed by atoms with E-state index in [9.17, 15) is 22.4 Å². The molecule has 0 atom stereocenters. The van der Waals surface area contributed by atoms with Gasteiger partial charge in [0.2, 0.25) is 0 Å². The molecule has 1 aliphatic heterocycles. The predicted molar refractivity (Wildman–Crippen MR) is 142 cm³/mol.